The summed E-state index contributed by atoms with van der Waals surface area (Å²) >= 11 is 6.63. The largest absolute Gasteiger partial charge is 0.493 e. The number of hydrogen-bond donors (Lipinski definition) is 1. The van der Waals surface area contributed by atoms with Crippen LogP contribution in [-0.4, -0.2) is 19.3 Å². The van der Waals surface area contributed by atoms with Gasteiger partial charge in [0.1, 0.15) is 11.9 Å². The van der Waals surface area contributed by atoms with Crippen LogP contribution in [0.1, 0.15) is 17.2 Å². The Morgan fingerprint density at radius 1 is 1.00 bits per heavy atom. The molecule has 0 radical (unpaired) electrons. The molecule has 0 amide bonds. The van der Waals surface area contributed by atoms with E-state index in [4.69, 9.17) is 9.47 Å². The summed E-state index contributed by atoms with van der Waals surface area (Å²) < 4.78 is 25.6. The van der Waals surface area contributed by atoms with Crippen molar-refractivity contribution in [2.45, 2.75) is 6.10 Å². The Bertz CT molecular complexity index is 662. The molecule has 112 valence electrons. The van der Waals surface area contributed by atoms with Gasteiger partial charge in [0.25, 0.3) is 0 Å². The van der Waals surface area contributed by atoms with Gasteiger partial charge in [-0.1, -0.05) is 31.9 Å². The minimum atomic E-state index is -1.13. The van der Waals surface area contributed by atoms with Crippen molar-refractivity contribution in [3.63, 3.8) is 0 Å². The molecular weight excluding hydrogens is 407 g/mol. The van der Waals surface area contributed by atoms with Gasteiger partial charge in [0.05, 0.1) is 14.2 Å². The van der Waals surface area contributed by atoms with Gasteiger partial charge in [0.15, 0.2) is 11.5 Å². The zero-order valence-electron chi connectivity index (χ0n) is 11.4. The molecule has 21 heavy (non-hydrogen) atoms. The monoisotopic (exact) mass is 418 g/mol. The fourth-order valence-corrected chi connectivity index (χ4v) is 2.89. The normalized spacial score (nSPS) is 12.1. The van der Waals surface area contributed by atoms with E-state index in [0.717, 1.165) is 0 Å². The standard InChI is InChI=1S/C15H13Br2FO3/c1-20-13-6-9(11(17)7-14(13)21-2)15(19)10-5-8(16)3-4-12(10)18/h3-7,15,19H,1-2H3. The number of rotatable bonds is 4. The zero-order chi connectivity index (χ0) is 15.6. The van der Waals surface area contributed by atoms with Crippen molar-refractivity contribution in [1.29, 1.82) is 0 Å². The van der Waals surface area contributed by atoms with Gasteiger partial charge < -0.3 is 14.6 Å². The summed E-state index contributed by atoms with van der Waals surface area (Å²) in [6.07, 6.45) is -1.13. The summed E-state index contributed by atoms with van der Waals surface area (Å²) in [6.45, 7) is 0. The molecule has 6 heteroatoms. The van der Waals surface area contributed by atoms with Gasteiger partial charge in [-0.2, -0.15) is 0 Å². The molecule has 0 heterocycles. The Labute approximate surface area is 139 Å². The van der Waals surface area contributed by atoms with Crippen LogP contribution in [0.2, 0.25) is 0 Å². The number of halogens is 3. The molecule has 0 aliphatic carbocycles. The lowest BCUT2D eigenvalue weighted by Crippen LogP contribution is -2.05. The predicted molar refractivity (Wildman–Crippen MR) is 85.4 cm³/mol. The first kappa shape index (κ1) is 16.3. The smallest absolute Gasteiger partial charge is 0.161 e. The van der Waals surface area contributed by atoms with E-state index in [9.17, 15) is 9.50 Å². The molecule has 0 bridgehead atoms. The number of benzene rings is 2. The van der Waals surface area contributed by atoms with E-state index in [0.29, 0.717) is 26.0 Å². The van der Waals surface area contributed by atoms with Crippen LogP contribution >= 0.6 is 31.9 Å². The fourth-order valence-electron chi connectivity index (χ4n) is 1.97. The molecule has 2 rings (SSSR count). The highest BCUT2D eigenvalue weighted by Crippen LogP contribution is 2.38. The molecule has 0 saturated heterocycles. The number of methoxy groups -OCH3 is 2. The van der Waals surface area contributed by atoms with Crippen molar-refractivity contribution < 1.29 is 19.0 Å². The number of ether oxygens (including phenoxy) is 2. The van der Waals surface area contributed by atoms with E-state index < -0.39 is 11.9 Å². The van der Waals surface area contributed by atoms with Crippen LogP contribution in [0, 0.1) is 5.82 Å². The first-order chi connectivity index (χ1) is 9.97. The molecule has 2 aromatic carbocycles. The molecular formula is C15H13Br2FO3. The molecule has 1 N–H and O–H groups in total. The topological polar surface area (TPSA) is 38.7 Å². The average Bonchev–Trinajstić information content (AvgIpc) is 2.48. The lowest BCUT2D eigenvalue weighted by molar-refractivity contribution is 0.213. The quantitative estimate of drug-likeness (QED) is 0.795. The summed E-state index contributed by atoms with van der Waals surface area (Å²) in [5, 5.41) is 10.5. The molecule has 0 aliphatic rings. The first-order valence-electron chi connectivity index (χ1n) is 6.02. The predicted octanol–water partition coefficient (Wildman–Crippen LogP) is 4.45. The molecule has 1 atom stereocenters. The molecule has 3 nitrogen and oxygen atoms in total. The van der Waals surface area contributed by atoms with Gasteiger partial charge in [0, 0.05) is 20.1 Å². The third-order valence-electron chi connectivity index (χ3n) is 3.05. The lowest BCUT2D eigenvalue weighted by atomic mass is 10.0. The molecule has 1 unspecified atom stereocenters. The third kappa shape index (κ3) is 3.39. The highest BCUT2D eigenvalue weighted by molar-refractivity contribution is 9.10. The maximum Gasteiger partial charge on any atom is 0.161 e. The van der Waals surface area contributed by atoms with Crippen molar-refractivity contribution in [2.24, 2.45) is 0 Å². The summed E-state index contributed by atoms with van der Waals surface area (Å²) in [6, 6.07) is 7.72. The Balaban J connectivity index is 2.52. The highest BCUT2D eigenvalue weighted by Gasteiger charge is 2.20. The molecule has 0 spiro atoms. The van der Waals surface area contributed by atoms with Gasteiger partial charge in [0.2, 0.25) is 0 Å². The molecule has 0 saturated carbocycles. The van der Waals surface area contributed by atoms with Crippen LogP contribution < -0.4 is 9.47 Å². The molecule has 0 fully saturated rings. The van der Waals surface area contributed by atoms with E-state index in [1.165, 1.54) is 20.3 Å². The maximum atomic E-state index is 13.9. The summed E-state index contributed by atoms with van der Waals surface area (Å²) in [4.78, 5) is 0. The summed E-state index contributed by atoms with van der Waals surface area (Å²) in [7, 11) is 3.02. The number of aliphatic hydroxyl groups excluding tert-OH is 1. The van der Waals surface area contributed by atoms with Gasteiger partial charge in [-0.25, -0.2) is 4.39 Å². The lowest BCUT2D eigenvalue weighted by Gasteiger charge is -2.17. The fraction of sp³-hybridized carbons (Fsp3) is 0.200. The van der Waals surface area contributed by atoms with E-state index >= 15 is 0 Å². The van der Waals surface area contributed by atoms with E-state index in [1.54, 1.807) is 24.3 Å². The minimum Gasteiger partial charge on any atom is -0.493 e. The SMILES string of the molecule is COc1cc(Br)c(C(O)c2cc(Br)ccc2F)cc1OC. The van der Waals surface area contributed by atoms with E-state index in [-0.39, 0.29) is 5.56 Å². The Hall–Kier alpha value is -1.11. The van der Waals surface area contributed by atoms with Crippen LogP contribution in [0.15, 0.2) is 39.3 Å². The van der Waals surface area contributed by atoms with Crippen molar-refractivity contribution in [1.82, 2.24) is 0 Å². The maximum absolute atomic E-state index is 13.9. The number of hydrogen-bond acceptors (Lipinski definition) is 3. The van der Waals surface area contributed by atoms with Crippen LogP contribution in [0.3, 0.4) is 0 Å². The number of aliphatic hydroxyl groups is 1. The van der Waals surface area contributed by atoms with E-state index in [2.05, 4.69) is 31.9 Å². The van der Waals surface area contributed by atoms with Gasteiger partial charge in [-0.05, 0) is 30.3 Å². The second kappa shape index (κ2) is 6.77. The van der Waals surface area contributed by atoms with Crippen molar-refractivity contribution in [3.05, 3.63) is 56.2 Å². The molecule has 2 aromatic rings. The second-order valence-electron chi connectivity index (χ2n) is 4.30. The van der Waals surface area contributed by atoms with Crippen LogP contribution in [0.5, 0.6) is 11.5 Å². The van der Waals surface area contributed by atoms with Crippen molar-refractivity contribution in [3.8, 4) is 11.5 Å². The van der Waals surface area contributed by atoms with Crippen LogP contribution in [-0.2, 0) is 0 Å². The van der Waals surface area contributed by atoms with Crippen molar-refractivity contribution in [2.75, 3.05) is 14.2 Å². The van der Waals surface area contributed by atoms with E-state index in [1.807, 2.05) is 0 Å². The Morgan fingerprint density at radius 3 is 2.24 bits per heavy atom. The van der Waals surface area contributed by atoms with Crippen LogP contribution in [0.4, 0.5) is 4.39 Å². The first-order valence-corrected chi connectivity index (χ1v) is 7.61. The zero-order valence-corrected chi connectivity index (χ0v) is 14.5. The third-order valence-corrected chi connectivity index (χ3v) is 4.23. The average molecular weight is 420 g/mol. The minimum absolute atomic E-state index is 0.178. The van der Waals surface area contributed by atoms with Crippen LogP contribution in [0.25, 0.3) is 0 Å². The second-order valence-corrected chi connectivity index (χ2v) is 6.07. The van der Waals surface area contributed by atoms with Crippen molar-refractivity contribution >= 4 is 31.9 Å². The summed E-state index contributed by atoms with van der Waals surface area (Å²) in [5.41, 5.74) is 0.668. The highest BCUT2D eigenvalue weighted by atomic mass is 79.9. The van der Waals surface area contributed by atoms with Gasteiger partial charge in [-0.3, -0.25) is 0 Å². The summed E-state index contributed by atoms with van der Waals surface area (Å²) in [5.74, 6) is 0.507. The van der Waals surface area contributed by atoms with Gasteiger partial charge in [-0.15, -0.1) is 0 Å². The molecule has 0 aromatic heterocycles. The Kier molecular flexibility index (Phi) is 5.24. The molecule has 0 aliphatic heterocycles. The van der Waals surface area contributed by atoms with Gasteiger partial charge >= 0.3 is 0 Å². The Morgan fingerprint density at radius 2 is 1.62 bits per heavy atom.